The Hall–Kier alpha value is -2.25. The van der Waals surface area contributed by atoms with Gasteiger partial charge >= 0.3 is 12.2 Å². The molecule has 4 amide bonds. The van der Waals surface area contributed by atoms with Gasteiger partial charge in [-0.05, 0) is 50.2 Å². The van der Waals surface area contributed by atoms with Gasteiger partial charge in [0.15, 0.2) is 16.6 Å². The number of cyclic esters (lactones) is 2. The Morgan fingerprint density at radius 2 is 1.15 bits per heavy atom. The average molecular weight is 497 g/mol. The van der Waals surface area contributed by atoms with Crippen molar-refractivity contribution in [3.05, 3.63) is 23.6 Å². The summed E-state index contributed by atoms with van der Waals surface area (Å²) in [4.78, 5) is 51.6. The van der Waals surface area contributed by atoms with E-state index in [9.17, 15) is 19.2 Å². The molecule has 33 heavy (non-hydrogen) atoms. The summed E-state index contributed by atoms with van der Waals surface area (Å²) in [5, 5.41) is 0. The fourth-order valence-electron chi connectivity index (χ4n) is 3.81. The van der Waals surface area contributed by atoms with Gasteiger partial charge in [-0.15, -0.1) is 0 Å². The van der Waals surface area contributed by atoms with Crippen molar-refractivity contribution in [1.29, 1.82) is 0 Å². The Kier molecular flexibility index (Phi) is 8.47. The third kappa shape index (κ3) is 6.87. The number of carbonyl (C=O) groups excluding carboxylic acids is 4. The molecule has 0 unspecified atom stereocenters. The van der Waals surface area contributed by atoms with Crippen LogP contribution in [0.25, 0.3) is 0 Å². The second-order valence-corrected chi connectivity index (χ2v) is 18.1. The van der Waals surface area contributed by atoms with Gasteiger partial charge in [0.05, 0.1) is 12.1 Å². The van der Waals surface area contributed by atoms with Gasteiger partial charge in [-0.1, -0.05) is 39.1 Å². The predicted molar refractivity (Wildman–Crippen MR) is 128 cm³/mol. The van der Waals surface area contributed by atoms with Crippen LogP contribution in [-0.4, -0.2) is 75.7 Å². The first kappa shape index (κ1) is 27.0. The van der Waals surface area contributed by atoms with Crippen LogP contribution in [0.5, 0.6) is 0 Å². The topological polar surface area (TPSA) is 102 Å². The lowest BCUT2D eigenvalue weighted by molar-refractivity contribution is -0.125. The zero-order valence-electron chi connectivity index (χ0n) is 20.8. The van der Waals surface area contributed by atoms with Crippen LogP contribution in [0.15, 0.2) is 23.6 Å². The maximum absolute atomic E-state index is 12.7. The summed E-state index contributed by atoms with van der Waals surface area (Å²) in [5.41, 5.74) is 3.49. The summed E-state index contributed by atoms with van der Waals surface area (Å²) in [5.74, 6) is -0.657. The smallest absolute Gasteiger partial charge is 0.417 e. The quantitative estimate of drug-likeness (QED) is 0.373. The standard InChI is InChI=1S/C22H36N2O7Si2/c1-15(2)17-13-29-21(27)23(17)19(25)9-11-32(5,6)31-33(7,8)12-10-20(26)24-18(16(3)4)14-30-22(24)28/h9-12,15-18H,13-14H2,1-8H3/b11-9+,12-10+/t17-,18-/m1/s1. The highest BCUT2D eigenvalue weighted by atomic mass is 28.4. The van der Waals surface area contributed by atoms with Crippen molar-refractivity contribution in [2.75, 3.05) is 13.2 Å². The molecule has 9 nitrogen and oxygen atoms in total. The van der Waals surface area contributed by atoms with E-state index in [-0.39, 0.29) is 37.1 Å². The minimum absolute atomic E-state index is 0.0903. The van der Waals surface area contributed by atoms with Crippen LogP contribution in [0.1, 0.15) is 27.7 Å². The first-order valence-corrected chi connectivity index (χ1v) is 17.2. The zero-order chi connectivity index (χ0) is 25.1. The Balaban J connectivity index is 2.05. The molecule has 2 aliphatic heterocycles. The van der Waals surface area contributed by atoms with E-state index in [0.717, 1.165) is 9.80 Å². The van der Waals surface area contributed by atoms with Gasteiger partial charge in [-0.25, -0.2) is 19.4 Å². The van der Waals surface area contributed by atoms with Crippen molar-refractivity contribution in [1.82, 2.24) is 9.80 Å². The van der Waals surface area contributed by atoms with E-state index in [1.807, 2.05) is 53.9 Å². The molecule has 0 aromatic rings. The van der Waals surface area contributed by atoms with Crippen molar-refractivity contribution in [2.45, 2.75) is 66.0 Å². The summed E-state index contributed by atoms with van der Waals surface area (Å²) >= 11 is 0. The highest BCUT2D eigenvalue weighted by Crippen LogP contribution is 2.23. The molecule has 0 radical (unpaired) electrons. The van der Waals surface area contributed by atoms with Crippen LogP contribution in [0.3, 0.4) is 0 Å². The Bertz CT molecular complexity index is 784. The molecule has 2 fully saturated rings. The number of nitrogens with zero attached hydrogens (tertiary/aromatic N) is 2. The fourth-order valence-corrected chi connectivity index (χ4v) is 10.9. The van der Waals surface area contributed by atoms with Crippen molar-refractivity contribution < 1.29 is 32.8 Å². The molecule has 0 aromatic carbocycles. The van der Waals surface area contributed by atoms with Crippen molar-refractivity contribution in [3.63, 3.8) is 0 Å². The first-order chi connectivity index (χ1) is 15.1. The van der Waals surface area contributed by atoms with Crippen LogP contribution < -0.4 is 0 Å². The molecule has 2 saturated heterocycles. The predicted octanol–water partition coefficient (Wildman–Crippen LogP) is 3.61. The third-order valence-electron chi connectivity index (χ3n) is 5.61. The monoisotopic (exact) mass is 496 g/mol. The molecule has 2 aliphatic rings. The van der Waals surface area contributed by atoms with Gasteiger partial charge < -0.3 is 13.6 Å². The fraction of sp³-hybridized carbons (Fsp3) is 0.636. The van der Waals surface area contributed by atoms with Crippen LogP contribution >= 0.6 is 0 Å². The lowest BCUT2D eigenvalue weighted by Crippen LogP contribution is -2.44. The number of rotatable bonds is 8. The van der Waals surface area contributed by atoms with Gasteiger partial charge in [-0.3, -0.25) is 9.59 Å². The number of hydrogen-bond acceptors (Lipinski definition) is 7. The number of ether oxygens (including phenoxy) is 2. The number of carbonyl (C=O) groups is 4. The molecule has 0 aliphatic carbocycles. The van der Waals surface area contributed by atoms with Gasteiger partial charge in [-0.2, -0.15) is 0 Å². The second-order valence-electron chi connectivity index (χ2n) is 10.2. The highest BCUT2D eigenvalue weighted by Gasteiger charge is 2.40. The molecule has 184 valence electrons. The van der Waals surface area contributed by atoms with Gasteiger partial charge in [0.2, 0.25) is 0 Å². The van der Waals surface area contributed by atoms with Gasteiger partial charge in [0.25, 0.3) is 11.8 Å². The summed E-state index contributed by atoms with van der Waals surface area (Å²) in [6.45, 7) is 15.9. The molecule has 2 heterocycles. The molecule has 2 atom stereocenters. The largest absolute Gasteiger partial charge is 0.449 e. The second kappa shape index (κ2) is 10.3. The maximum atomic E-state index is 12.7. The van der Waals surface area contributed by atoms with E-state index in [1.54, 1.807) is 11.4 Å². The van der Waals surface area contributed by atoms with E-state index in [2.05, 4.69) is 0 Å². The number of amides is 4. The van der Waals surface area contributed by atoms with Crippen molar-refractivity contribution >= 4 is 40.6 Å². The average Bonchev–Trinajstić information content (AvgIpc) is 3.26. The summed E-state index contributed by atoms with van der Waals surface area (Å²) in [6, 6.07) is -0.570. The normalized spacial score (nSPS) is 22.2. The van der Waals surface area contributed by atoms with E-state index >= 15 is 0 Å². The third-order valence-corrected chi connectivity index (χ3v) is 11.8. The van der Waals surface area contributed by atoms with Crippen LogP contribution in [0.4, 0.5) is 9.59 Å². The number of imide groups is 2. The SMILES string of the molecule is CC(C)[C@H]1COC(=O)N1C(=O)/C=C/[Si](C)(C)O[Si](C)(C)/C=C/C(=O)N1C(=O)OC[C@@H]1C(C)C. The minimum atomic E-state index is -2.46. The van der Waals surface area contributed by atoms with E-state index in [1.165, 1.54) is 12.2 Å². The molecule has 0 bridgehead atoms. The molecule has 0 saturated carbocycles. The Morgan fingerprint density at radius 1 is 0.818 bits per heavy atom. The summed E-state index contributed by atoms with van der Waals surface area (Å²) in [7, 11) is -4.92. The van der Waals surface area contributed by atoms with Crippen LogP contribution in [0.2, 0.25) is 26.2 Å². The minimum Gasteiger partial charge on any atom is -0.449 e. The van der Waals surface area contributed by atoms with Gasteiger partial charge in [0.1, 0.15) is 13.2 Å². The highest BCUT2D eigenvalue weighted by molar-refractivity contribution is 6.89. The first-order valence-electron chi connectivity index (χ1n) is 11.2. The molecular weight excluding hydrogens is 460 g/mol. The summed E-state index contributed by atoms with van der Waals surface area (Å²) in [6.07, 6.45) is 1.53. The maximum Gasteiger partial charge on any atom is 0.417 e. The number of hydrogen-bond donors (Lipinski definition) is 0. The lowest BCUT2D eigenvalue weighted by atomic mass is 10.0. The molecule has 0 N–H and O–H groups in total. The van der Waals surface area contributed by atoms with E-state index < -0.39 is 40.6 Å². The van der Waals surface area contributed by atoms with E-state index in [4.69, 9.17) is 13.6 Å². The van der Waals surface area contributed by atoms with Crippen LogP contribution in [0, 0.1) is 11.8 Å². The van der Waals surface area contributed by atoms with E-state index in [0.29, 0.717) is 0 Å². The molecule has 11 heteroatoms. The lowest BCUT2D eigenvalue weighted by Gasteiger charge is -2.30. The van der Waals surface area contributed by atoms with Crippen LogP contribution in [-0.2, 0) is 23.2 Å². The molecule has 2 rings (SSSR count). The van der Waals surface area contributed by atoms with Crippen molar-refractivity contribution in [3.8, 4) is 0 Å². The van der Waals surface area contributed by atoms with Gasteiger partial charge in [0, 0.05) is 0 Å². The van der Waals surface area contributed by atoms with Crippen molar-refractivity contribution in [2.24, 2.45) is 11.8 Å². The molecule has 0 aromatic heterocycles. The molecule has 0 spiro atoms. The summed E-state index contributed by atoms with van der Waals surface area (Å²) < 4.78 is 16.5. The Labute approximate surface area is 198 Å². The zero-order valence-corrected chi connectivity index (χ0v) is 22.8. The Morgan fingerprint density at radius 3 is 1.45 bits per heavy atom. The molecular formula is C22H36N2O7Si2.